The summed E-state index contributed by atoms with van der Waals surface area (Å²) in [6.45, 7) is 2.09. The molecule has 3 heteroatoms. The molecule has 0 unspecified atom stereocenters. The van der Waals surface area contributed by atoms with E-state index in [1.807, 2.05) is 6.26 Å². The van der Waals surface area contributed by atoms with Gasteiger partial charge in [0.1, 0.15) is 0 Å². The van der Waals surface area contributed by atoms with E-state index >= 15 is 0 Å². The Morgan fingerprint density at radius 1 is 1.44 bits per heavy atom. The predicted molar refractivity (Wildman–Crippen MR) is 43.5 cm³/mol. The van der Waals surface area contributed by atoms with E-state index in [-0.39, 0.29) is 4.99 Å². The van der Waals surface area contributed by atoms with E-state index in [4.69, 9.17) is 0 Å². The maximum absolute atomic E-state index is 4.22. The van der Waals surface area contributed by atoms with Gasteiger partial charge in [-0.2, -0.15) is 0 Å². The molecule has 0 saturated carbocycles. The smallest absolute Gasteiger partial charge is 0.196 e. The van der Waals surface area contributed by atoms with Crippen molar-refractivity contribution in [3.63, 3.8) is 0 Å². The third-order valence-electron chi connectivity index (χ3n) is 1.41. The molecule has 0 atom stereocenters. The van der Waals surface area contributed by atoms with Crippen LogP contribution in [-0.2, 0) is 0 Å². The van der Waals surface area contributed by atoms with Crippen LogP contribution in [0.1, 0.15) is 13.3 Å². The van der Waals surface area contributed by atoms with Crippen LogP contribution in [0.4, 0.5) is 0 Å². The van der Waals surface area contributed by atoms with Crippen LogP contribution in [0, 0.1) is 0 Å². The van der Waals surface area contributed by atoms with E-state index in [0.717, 1.165) is 6.42 Å². The monoisotopic (exact) mass is 142 g/mol. The first-order valence-electron chi connectivity index (χ1n) is 2.97. The highest BCUT2D eigenvalue weighted by atomic mass is 32.2. The van der Waals surface area contributed by atoms with Gasteiger partial charge in [-0.25, -0.2) is 0 Å². The highest BCUT2D eigenvalue weighted by Crippen LogP contribution is 2.30. The predicted octanol–water partition coefficient (Wildman–Crippen LogP) is 1.57. The third-order valence-corrected chi connectivity index (χ3v) is 2.56. The molecule has 0 N–H and O–H groups in total. The molecule has 0 radical (unpaired) electrons. The molecular weight excluding hydrogens is 132 g/mol. The quantitative estimate of drug-likeness (QED) is 0.574. The molecule has 0 aromatic rings. The van der Waals surface area contributed by atoms with Gasteiger partial charge in [-0.3, -0.25) is 9.98 Å². The van der Waals surface area contributed by atoms with Gasteiger partial charge >= 0.3 is 0 Å². The van der Waals surface area contributed by atoms with Crippen LogP contribution >= 0.6 is 11.8 Å². The fourth-order valence-corrected chi connectivity index (χ4v) is 1.39. The van der Waals surface area contributed by atoms with E-state index in [0.29, 0.717) is 0 Å². The molecule has 0 fully saturated rings. The second-order valence-corrected chi connectivity index (χ2v) is 2.92. The number of aliphatic imine (C=N–C) groups is 2. The van der Waals surface area contributed by atoms with Gasteiger partial charge in [0.05, 0.1) is 0 Å². The van der Waals surface area contributed by atoms with Crippen LogP contribution in [0.15, 0.2) is 9.98 Å². The summed E-state index contributed by atoms with van der Waals surface area (Å²) < 4.78 is 0. The molecule has 0 amide bonds. The summed E-state index contributed by atoms with van der Waals surface area (Å²) in [6.07, 6.45) is 6.53. The summed E-state index contributed by atoms with van der Waals surface area (Å²) in [4.78, 5) is 8.27. The molecule has 0 aliphatic carbocycles. The average molecular weight is 142 g/mol. The number of rotatable bonds is 2. The molecule has 1 heterocycles. The van der Waals surface area contributed by atoms with E-state index in [1.54, 1.807) is 24.2 Å². The fourth-order valence-electron chi connectivity index (χ4n) is 0.765. The Kier molecular flexibility index (Phi) is 1.90. The standard InChI is InChI=1S/C6H10N2S/c1-3-6(9-2)7-4-5-8-6/h4-5H,3H2,1-2H3. The second-order valence-electron chi connectivity index (χ2n) is 1.86. The van der Waals surface area contributed by atoms with Crippen LogP contribution in [0.2, 0.25) is 0 Å². The van der Waals surface area contributed by atoms with Gasteiger partial charge in [0, 0.05) is 12.4 Å². The number of thioether (sulfide) groups is 1. The maximum atomic E-state index is 4.22. The largest absolute Gasteiger partial charge is 0.252 e. The maximum Gasteiger partial charge on any atom is 0.196 e. The van der Waals surface area contributed by atoms with E-state index in [2.05, 4.69) is 16.9 Å². The first kappa shape index (κ1) is 6.81. The summed E-state index contributed by atoms with van der Waals surface area (Å²) in [5, 5.41) is 0. The summed E-state index contributed by atoms with van der Waals surface area (Å²) in [5.41, 5.74) is 0. The Labute approximate surface area is 59.5 Å². The van der Waals surface area contributed by atoms with Crippen molar-refractivity contribution in [3.8, 4) is 0 Å². The molecule has 0 aromatic carbocycles. The second kappa shape index (κ2) is 2.52. The lowest BCUT2D eigenvalue weighted by Gasteiger charge is -2.16. The molecule has 1 aliphatic rings. The van der Waals surface area contributed by atoms with Crippen molar-refractivity contribution in [1.29, 1.82) is 0 Å². The van der Waals surface area contributed by atoms with Gasteiger partial charge in [-0.15, -0.1) is 11.8 Å². The van der Waals surface area contributed by atoms with Gasteiger partial charge in [-0.1, -0.05) is 6.92 Å². The Hall–Kier alpha value is -0.310. The van der Waals surface area contributed by atoms with Crippen molar-refractivity contribution in [3.05, 3.63) is 0 Å². The molecular formula is C6H10N2S. The lowest BCUT2D eigenvalue weighted by molar-refractivity contribution is 0.642. The molecule has 0 spiro atoms. The minimum Gasteiger partial charge on any atom is -0.252 e. The SMILES string of the molecule is CCC1(SC)N=CC=N1. The average Bonchev–Trinajstić information content (AvgIpc) is 2.36. The first-order chi connectivity index (χ1) is 4.33. The third kappa shape index (κ3) is 1.15. The van der Waals surface area contributed by atoms with Gasteiger partial charge in [0.2, 0.25) is 0 Å². The zero-order valence-corrected chi connectivity index (χ0v) is 6.48. The summed E-state index contributed by atoms with van der Waals surface area (Å²) >= 11 is 1.68. The number of hydrogen-bond acceptors (Lipinski definition) is 3. The zero-order valence-electron chi connectivity index (χ0n) is 5.66. The van der Waals surface area contributed by atoms with Gasteiger partial charge in [0.15, 0.2) is 4.99 Å². The van der Waals surface area contributed by atoms with Crippen LogP contribution in [-0.4, -0.2) is 23.7 Å². The van der Waals surface area contributed by atoms with Crippen LogP contribution in [0.3, 0.4) is 0 Å². The molecule has 1 rings (SSSR count). The normalized spacial score (nSPS) is 21.1. The van der Waals surface area contributed by atoms with E-state index in [1.165, 1.54) is 0 Å². The van der Waals surface area contributed by atoms with Crippen LogP contribution in [0.25, 0.3) is 0 Å². The molecule has 0 aromatic heterocycles. The van der Waals surface area contributed by atoms with E-state index in [9.17, 15) is 0 Å². The van der Waals surface area contributed by atoms with Crippen molar-refractivity contribution >= 4 is 24.2 Å². The van der Waals surface area contributed by atoms with Crippen molar-refractivity contribution in [2.45, 2.75) is 18.3 Å². The van der Waals surface area contributed by atoms with Crippen molar-refractivity contribution in [2.24, 2.45) is 9.98 Å². The van der Waals surface area contributed by atoms with Gasteiger partial charge < -0.3 is 0 Å². The lowest BCUT2D eigenvalue weighted by atomic mass is 10.4. The molecule has 0 bridgehead atoms. The fraction of sp³-hybridized carbons (Fsp3) is 0.667. The van der Waals surface area contributed by atoms with Crippen molar-refractivity contribution < 1.29 is 0 Å². The summed E-state index contributed by atoms with van der Waals surface area (Å²) in [7, 11) is 0. The highest BCUT2D eigenvalue weighted by Gasteiger charge is 2.24. The minimum absolute atomic E-state index is 0.167. The topological polar surface area (TPSA) is 24.7 Å². The first-order valence-corrected chi connectivity index (χ1v) is 4.19. The lowest BCUT2D eigenvalue weighted by Crippen LogP contribution is -2.13. The molecule has 2 nitrogen and oxygen atoms in total. The van der Waals surface area contributed by atoms with Crippen LogP contribution < -0.4 is 0 Å². The van der Waals surface area contributed by atoms with E-state index < -0.39 is 0 Å². The number of nitrogens with zero attached hydrogens (tertiary/aromatic N) is 2. The van der Waals surface area contributed by atoms with Gasteiger partial charge in [0.25, 0.3) is 0 Å². The zero-order chi connectivity index (χ0) is 6.74. The van der Waals surface area contributed by atoms with Gasteiger partial charge in [-0.05, 0) is 12.7 Å². The Morgan fingerprint density at radius 2 is 2.00 bits per heavy atom. The summed E-state index contributed by atoms with van der Waals surface area (Å²) in [5.74, 6) is 0. The van der Waals surface area contributed by atoms with Crippen molar-refractivity contribution in [2.75, 3.05) is 6.26 Å². The minimum atomic E-state index is -0.167. The number of hydrogen-bond donors (Lipinski definition) is 0. The Bertz CT molecular complexity index is 133. The Morgan fingerprint density at radius 3 is 2.22 bits per heavy atom. The highest BCUT2D eigenvalue weighted by molar-refractivity contribution is 8.00. The molecule has 9 heavy (non-hydrogen) atoms. The van der Waals surface area contributed by atoms with Crippen molar-refractivity contribution in [1.82, 2.24) is 0 Å². The summed E-state index contributed by atoms with van der Waals surface area (Å²) in [6, 6.07) is 0. The molecule has 0 saturated heterocycles. The molecule has 1 aliphatic heterocycles. The van der Waals surface area contributed by atoms with Crippen LogP contribution in [0.5, 0.6) is 0 Å². The Balaban J connectivity index is 2.69. The molecule has 50 valence electrons.